The van der Waals surface area contributed by atoms with Gasteiger partial charge in [0.25, 0.3) is 0 Å². The number of aryl methyl sites for hydroxylation is 3. The Labute approximate surface area is 713 Å². The summed E-state index contributed by atoms with van der Waals surface area (Å²) in [7, 11) is 0. The number of rotatable bonds is 25. The molecule has 614 valence electrons. The number of alkyl halides is 6. The second-order valence-corrected chi connectivity index (χ2v) is 28.0. The van der Waals surface area contributed by atoms with Gasteiger partial charge in [0.05, 0.1) is 43.9 Å². The molecule has 8 aromatic heterocycles. The third-order valence-corrected chi connectivity index (χ3v) is 18.9. The molecular formula is C89H75Cl3F6N24. The largest absolute Gasteiger partial charge is 0.417 e. The van der Waals surface area contributed by atoms with Crippen LogP contribution in [0.1, 0.15) is 61.6 Å². The normalized spacial score (nSPS) is 10.8. The first-order chi connectivity index (χ1) is 58.8. The van der Waals surface area contributed by atoms with Crippen LogP contribution >= 0.6 is 34.8 Å². The van der Waals surface area contributed by atoms with Crippen LogP contribution in [0.2, 0.25) is 15.1 Å². The van der Waals surface area contributed by atoms with Crippen LogP contribution in [-0.2, 0) is 12.4 Å². The lowest BCUT2D eigenvalue weighted by Crippen LogP contribution is -2.17. The molecule has 0 unspecified atom stereocenters. The van der Waals surface area contributed by atoms with Crippen LogP contribution in [-0.4, -0.2) is 112 Å². The van der Waals surface area contributed by atoms with E-state index in [1.807, 2.05) is 106 Å². The molecule has 0 saturated carbocycles. The van der Waals surface area contributed by atoms with E-state index in [-0.39, 0.29) is 22.8 Å². The van der Waals surface area contributed by atoms with Gasteiger partial charge in [-0.15, -0.1) is 0 Å². The fourth-order valence-electron chi connectivity index (χ4n) is 11.8. The summed E-state index contributed by atoms with van der Waals surface area (Å²) in [5, 5.41) is 63.5. The Morgan fingerprint density at radius 2 is 0.689 bits per heavy atom. The quantitative estimate of drug-likeness (QED) is 0.0195. The number of aromatic nitrogens is 12. The lowest BCUT2D eigenvalue weighted by molar-refractivity contribution is -0.137. The molecule has 8 heterocycles. The minimum absolute atomic E-state index is 0.0159. The number of halogens is 9. The topological polar surface area (TPSA) is 346 Å². The molecule has 0 aliphatic carbocycles. The second kappa shape index (κ2) is 42.1. The molecular weight excluding hydrogens is 1630 g/mol. The standard InChI is InChI=1S/C28H21ClN6.C21H19F3N6.C20H18Cl2N6.C20H17F3N6/c29-21-11-12-22(20-6-2-1-3-7-20)24(16-21)28-34-25-9-5-4-8-23(25)27(35-28)32-15-14-31-26-13-10-19(17-30)18-33-26;1-13-14(2)29-20(16-5-3-4-6-17(16)21(22,23)24)30-19(13)27-10-9-26-18-8-7-15(11-25)12-28-18;1-12-13(2)27-20(16-5-4-15(21)9-17(16)22)28-19(12)25-8-7-24-18-6-3-14(10-23)11-26-18;1-13-10-18(26-9-8-25-17-7-6-14(11-24)12-27-17)29-19(28-13)15-4-2-3-5-16(15)20(21,22)23/h1-13,16,18H,14-15H2,(H,31,33)(H,32,34,35);3-8,12H,9-10H2,1-2H3,(H,26,28)(H,27,29,30);3-6,9,11H,7-8H2,1-2H3,(H,24,26)(H,25,27,28);2-7,10,12H,8-9H2,1H3,(H,25,27)(H,26,28,29). The number of nitrogens with zero attached hydrogens (tertiary/aromatic N) is 16. The van der Waals surface area contributed by atoms with Crippen molar-refractivity contribution in [2.75, 3.05) is 94.9 Å². The van der Waals surface area contributed by atoms with Crippen LogP contribution in [0.15, 0.2) is 219 Å². The predicted octanol–water partition coefficient (Wildman–Crippen LogP) is 20.1. The van der Waals surface area contributed by atoms with E-state index in [0.29, 0.717) is 148 Å². The molecule has 8 N–H and O–H groups in total. The van der Waals surface area contributed by atoms with Crippen molar-refractivity contribution in [2.45, 2.75) is 47.0 Å². The van der Waals surface area contributed by atoms with Crippen molar-refractivity contribution in [1.29, 1.82) is 21.0 Å². The molecule has 33 heteroatoms. The van der Waals surface area contributed by atoms with E-state index in [0.717, 1.165) is 73.7 Å². The van der Waals surface area contributed by atoms with Crippen LogP contribution in [0, 0.1) is 79.9 Å². The van der Waals surface area contributed by atoms with E-state index in [1.165, 1.54) is 55.0 Å². The Morgan fingerprint density at radius 1 is 0.320 bits per heavy atom. The van der Waals surface area contributed by atoms with E-state index < -0.39 is 23.5 Å². The highest BCUT2D eigenvalue weighted by Crippen LogP contribution is 2.40. The maximum atomic E-state index is 13.4. The average Bonchev–Trinajstić information content (AvgIpc) is 0.780. The van der Waals surface area contributed by atoms with Gasteiger partial charge in [-0.1, -0.05) is 120 Å². The van der Waals surface area contributed by atoms with Gasteiger partial charge in [0.1, 0.15) is 70.8 Å². The van der Waals surface area contributed by atoms with Gasteiger partial charge < -0.3 is 42.5 Å². The summed E-state index contributed by atoms with van der Waals surface area (Å²) >= 11 is 18.7. The van der Waals surface area contributed by atoms with Gasteiger partial charge in [-0.05, 0) is 149 Å². The molecule has 0 amide bonds. The number of nitrogens with one attached hydrogen (secondary N) is 8. The fraction of sp³-hybridized carbons (Fsp3) is 0.169. The fourth-order valence-corrected chi connectivity index (χ4v) is 12.5. The number of hydrogen-bond acceptors (Lipinski definition) is 24. The lowest BCUT2D eigenvalue weighted by Gasteiger charge is -2.15. The highest BCUT2D eigenvalue weighted by molar-refractivity contribution is 6.36. The summed E-state index contributed by atoms with van der Waals surface area (Å²) in [4.78, 5) is 52.6. The number of pyridine rings is 4. The van der Waals surface area contributed by atoms with E-state index in [2.05, 4.69) is 111 Å². The second-order valence-electron chi connectivity index (χ2n) is 26.7. The summed E-state index contributed by atoms with van der Waals surface area (Å²) in [6, 6.07) is 63.2. The van der Waals surface area contributed by atoms with Crippen molar-refractivity contribution in [1.82, 2.24) is 59.8 Å². The third-order valence-electron chi connectivity index (χ3n) is 18.1. The maximum absolute atomic E-state index is 13.4. The van der Waals surface area contributed by atoms with Crippen molar-refractivity contribution in [3.8, 4) is 81.0 Å². The first kappa shape index (κ1) is 88.1. The molecule has 0 saturated heterocycles. The van der Waals surface area contributed by atoms with Crippen LogP contribution in [0.25, 0.3) is 67.6 Å². The lowest BCUT2D eigenvalue weighted by atomic mass is 9.99. The number of para-hydroxylation sites is 1. The zero-order valence-electron chi connectivity index (χ0n) is 66.0. The summed E-state index contributed by atoms with van der Waals surface area (Å²) in [5.41, 5.74) is 8.65. The SMILES string of the molecule is Cc1cc(NCCNc2ccc(C#N)cn2)nc(-c2ccccc2C(F)(F)F)n1.Cc1nc(-c2ccc(Cl)cc2Cl)nc(NCCNc2ccc(C#N)cn2)c1C.Cc1nc(-c2ccccc2C(F)(F)F)nc(NCCNc2ccc(C#N)cn2)c1C.N#Cc1ccc(NCCNc2nc(-c3cc(Cl)ccc3-c3ccccc3)nc3ccccc23)nc1. The van der Waals surface area contributed by atoms with Gasteiger partial charge in [-0.3, -0.25) is 0 Å². The Morgan fingerprint density at radius 3 is 1.12 bits per heavy atom. The Bertz CT molecular complexity index is 6130. The molecule has 0 fully saturated rings. The smallest absolute Gasteiger partial charge is 0.368 e. The molecule has 24 nitrogen and oxygen atoms in total. The van der Waals surface area contributed by atoms with E-state index in [1.54, 1.807) is 86.8 Å². The Hall–Kier alpha value is -14.7. The highest BCUT2D eigenvalue weighted by Gasteiger charge is 2.36. The van der Waals surface area contributed by atoms with Crippen LogP contribution in [0.5, 0.6) is 0 Å². The first-order valence-corrected chi connectivity index (χ1v) is 38.8. The predicted molar refractivity (Wildman–Crippen MR) is 465 cm³/mol. The summed E-state index contributed by atoms with van der Waals surface area (Å²) in [6.07, 6.45) is -2.96. The maximum Gasteiger partial charge on any atom is 0.417 e. The zero-order chi connectivity index (χ0) is 86.7. The van der Waals surface area contributed by atoms with Crippen LogP contribution in [0.3, 0.4) is 0 Å². The molecule has 122 heavy (non-hydrogen) atoms. The van der Waals surface area contributed by atoms with Crippen LogP contribution < -0.4 is 42.5 Å². The highest BCUT2D eigenvalue weighted by atomic mass is 35.5. The van der Waals surface area contributed by atoms with Crippen LogP contribution in [0.4, 0.5) is 72.9 Å². The van der Waals surface area contributed by atoms with Gasteiger partial charge >= 0.3 is 12.4 Å². The van der Waals surface area contributed by atoms with E-state index >= 15 is 0 Å². The Balaban J connectivity index is 0.000000159. The van der Waals surface area contributed by atoms with Gasteiger partial charge in [-0.2, -0.15) is 47.4 Å². The molecule has 14 aromatic rings. The van der Waals surface area contributed by atoms with E-state index in [9.17, 15) is 26.3 Å². The minimum Gasteiger partial charge on any atom is -0.368 e. The average molecular weight is 1700 g/mol. The first-order valence-electron chi connectivity index (χ1n) is 37.7. The van der Waals surface area contributed by atoms with Crippen molar-refractivity contribution in [3.05, 3.63) is 296 Å². The van der Waals surface area contributed by atoms with Gasteiger partial charge in [0.2, 0.25) is 0 Å². The third kappa shape index (κ3) is 24.5. The van der Waals surface area contributed by atoms with Crippen molar-refractivity contribution in [2.24, 2.45) is 0 Å². The van der Waals surface area contributed by atoms with Gasteiger partial charge in [-0.25, -0.2) is 59.8 Å². The number of fused-ring (bicyclic) bond motifs is 1. The molecule has 0 bridgehead atoms. The summed E-state index contributed by atoms with van der Waals surface area (Å²) in [5.74, 6) is 6.26. The molecule has 0 radical (unpaired) electrons. The number of anilines is 8. The van der Waals surface area contributed by atoms with Gasteiger partial charge in [0.15, 0.2) is 23.3 Å². The van der Waals surface area contributed by atoms with E-state index in [4.69, 9.17) is 65.8 Å². The van der Waals surface area contributed by atoms with Gasteiger partial charge in [0, 0.05) is 149 Å². The zero-order valence-corrected chi connectivity index (χ0v) is 68.3. The summed E-state index contributed by atoms with van der Waals surface area (Å²) in [6.45, 7) is 13.6. The van der Waals surface area contributed by atoms with Crippen molar-refractivity contribution >= 4 is 92.2 Å². The Kier molecular flexibility index (Phi) is 30.4. The molecule has 6 aromatic carbocycles. The molecule has 14 rings (SSSR count). The number of benzene rings is 6. The number of nitriles is 4. The van der Waals surface area contributed by atoms with Crippen molar-refractivity contribution in [3.63, 3.8) is 0 Å². The van der Waals surface area contributed by atoms with Crippen molar-refractivity contribution < 1.29 is 26.3 Å². The molecule has 0 aliphatic heterocycles. The summed E-state index contributed by atoms with van der Waals surface area (Å²) < 4.78 is 80.0. The molecule has 0 atom stereocenters. The number of hydrogen-bond donors (Lipinski definition) is 8. The monoisotopic (exact) mass is 1700 g/mol. The molecule has 0 aliphatic rings. The minimum atomic E-state index is -4.50. The molecule has 0 spiro atoms.